The molecule has 0 radical (unpaired) electrons. The lowest BCUT2D eigenvalue weighted by Crippen LogP contribution is -2.36. The summed E-state index contributed by atoms with van der Waals surface area (Å²) < 4.78 is 0. The van der Waals surface area contributed by atoms with Crippen LogP contribution in [-0.2, 0) is 0 Å². The van der Waals surface area contributed by atoms with Crippen molar-refractivity contribution in [1.29, 1.82) is 0 Å². The van der Waals surface area contributed by atoms with Crippen LogP contribution in [0, 0.1) is 16.2 Å². The van der Waals surface area contributed by atoms with E-state index in [0.29, 0.717) is 16.2 Å². The SMILES string of the molecule is CC(C)(CC(C)(C)C(C)(C)C)C1=CCNCC1. The summed E-state index contributed by atoms with van der Waals surface area (Å²) in [5.41, 5.74) is 2.70. The maximum Gasteiger partial charge on any atom is 0.0137 e. The number of nitrogens with one attached hydrogen (secondary N) is 1. The van der Waals surface area contributed by atoms with E-state index >= 15 is 0 Å². The van der Waals surface area contributed by atoms with E-state index in [2.05, 4.69) is 59.9 Å². The standard InChI is InChI=1S/C16H31N/c1-14(2,3)16(6,7)12-15(4,5)13-8-10-17-11-9-13/h8,17H,9-12H2,1-7H3. The van der Waals surface area contributed by atoms with Crippen molar-refractivity contribution in [3.8, 4) is 0 Å². The average Bonchev–Trinajstić information content (AvgIpc) is 2.15. The number of hydrogen-bond acceptors (Lipinski definition) is 1. The zero-order chi connectivity index (χ0) is 13.3. The third-order valence-electron chi connectivity index (χ3n) is 4.85. The third-order valence-corrected chi connectivity index (χ3v) is 4.85. The first-order valence-electron chi connectivity index (χ1n) is 6.96. The van der Waals surface area contributed by atoms with E-state index in [1.54, 1.807) is 5.57 Å². The number of hydrogen-bond donors (Lipinski definition) is 1. The fourth-order valence-electron chi connectivity index (χ4n) is 2.72. The highest BCUT2D eigenvalue weighted by atomic mass is 14.9. The van der Waals surface area contributed by atoms with Gasteiger partial charge in [0, 0.05) is 6.54 Å². The molecule has 0 amide bonds. The molecule has 1 nitrogen and oxygen atoms in total. The minimum atomic E-state index is 0.332. The van der Waals surface area contributed by atoms with Gasteiger partial charge in [0.25, 0.3) is 0 Å². The zero-order valence-electron chi connectivity index (χ0n) is 12.9. The van der Waals surface area contributed by atoms with Gasteiger partial charge in [0.1, 0.15) is 0 Å². The van der Waals surface area contributed by atoms with E-state index in [0.717, 1.165) is 13.1 Å². The Labute approximate surface area is 108 Å². The molecule has 1 rings (SSSR count). The highest BCUT2D eigenvalue weighted by molar-refractivity contribution is 5.16. The molecule has 0 atom stereocenters. The summed E-state index contributed by atoms with van der Waals surface area (Å²) in [6.45, 7) is 18.9. The van der Waals surface area contributed by atoms with Crippen LogP contribution in [-0.4, -0.2) is 13.1 Å². The lowest BCUT2D eigenvalue weighted by Gasteiger charge is -2.45. The summed E-state index contributed by atoms with van der Waals surface area (Å²) >= 11 is 0. The quantitative estimate of drug-likeness (QED) is 0.718. The van der Waals surface area contributed by atoms with Crippen LogP contribution in [0.2, 0.25) is 0 Å². The van der Waals surface area contributed by atoms with Crippen molar-refractivity contribution in [1.82, 2.24) is 5.32 Å². The molecule has 1 heteroatoms. The van der Waals surface area contributed by atoms with E-state index in [1.807, 2.05) is 0 Å². The number of rotatable bonds is 3. The zero-order valence-corrected chi connectivity index (χ0v) is 12.9. The summed E-state index contributed by atoms with van der Waals surface area (Å²) in [5.74, 6) is 0. The molecular formula is C16H31N. The van der Waals surface area contributed by atoms with E-state index in [4.69, 9.17) is 0 Å². The molecule has 0 aromatic rings. The summed E-state index contributed by atoms with van der Waals surface area (Å²) in [7, 11) is 0. The Morgan fingerprint density at radius 1 is 1.06 bits per heavy atom. The van der Waals surface area contributed by atoms with Gasteiger partial charge in [0.15, 0.2) is 0 Å². The van der Waals surface area contributed by atoms with Gasteiger partial charge >= 0.3 is 0 Å². The maximum absolute atomic E-state index is 3.40. The molecule has 1 aliphatic rings. The molecule has 0 fully saturated rings. The highest BCUT2D eigenvalue weighted by Gasteiger charge is 2.39. The summed E-state index contributed by atoms with van der Waals surface area (Å²) in [6, 6.07) is 0. The molecule has 0 aliphatic carbocycles. The molecule has 0 aromatic heterocycles. The van der Waals surface area contributed by atoms with Gasteiger partial charge < -0.3 is 5.32 Å². The van der Waals surface area contributed by atoms with Gasteiger partial charge in [-0.05, 0) is 35.6 Å². The van der Waals surface area contributed by atoms with Gasteiger partial charge in [-0.3, -0.25) is 0 Å². The van der Waals surface area contributed by atoms with Crippen LogP contribution in [0.15, 0.2) is 11.6 Å². The molecule has 0 bridgehead atoms. The minimum absolute atomic E-state index is 0.332. The molecular weight excluding hydrogens is 206 g/mol. The van der Waals surface area contributed by atoms with Crippen LogP contribution in [0.3, 0.4) is 0 Å². The van der Waals surface area contributed by atoms with Crippen molar-refractivity contribution in [2.45, 2.75) is 61.3 Å². The molecule has 0 unspecified atom stereocenters. The normalized spacial score (nSPS) is 19.1. The molecule has 100 valence electrons. The molecule has 1 heterocycles. The van der Waals surface area contributed by atoms with E-state index in [1.165, 1.54) is 12.8 Å². The second-order valence-electron chi connectivity index (χ2n) is 7.88. The van der Waals surface area contributed by atoms with Crippen molar-refractivity contribution >= 4 is 0 Å². The topological polar surface area (TPSA) is 12.0 Å². The first-order valence-corrected chi connectivity index (χ1v) is 6.96. The molecule has 17 heavy (non-hydrogen) atoms. The van der Waals surface area contributed by atoms with Crippen molar-refractivity contribution in [2.75, 3.05) is 13.1 Å². The molecule has 0 saturated heterocycles. The van der Waals surface area contributed by atoms with Crippen LogP contribution in [0.4, 0.5) is 0 Å². The van der Waals surface area contributed by atoms with Crippen LogP contribution < -0.4 is 5.32 Å². The Balaban J connectivity index is 2.82. The van der Waals surface area contributed by atoms with Gasteiger partial charge in [-0.2, -0.15) is 0 Å². The van der Waals surface area contributed by atoms with Gasteiger partial charge in [0.2, 0.25) is 0 Å². The van der Waals surface area contributed by atoms with E-state index in [-0.39, 0.29) is 0 Å². The lowest BCUT2D eigenvalue weighted by molar-refractivity contribution is 0.0785. The van der Waals surface area contributed by atoms with Crippen molar-refractivity contribution in [3.63, 3.8) is 0 Å². The Morgan fingerprint density at radius 2 is 1.65 bits per heavy atom. The molecule has 0 spiro atoms. The van der Waals surface area contributed by atoms with Crippen LogP contribution in [0.1, 0.15) is 61.3 Å². The summed E-state index contributed by atoms with van der Waals surface area (Å²) in [6.07, 6.45) is 4.88. The van der Waals surface area contributed by atoms with Gasteiger partial charge in [-0.1, -0.05) is 60.1 Å². The van der Waals surface area contributed by atoms with Crippen LogP contribution in [0.25, 0.3) is 0 Å². The molecule has 0 aromatic carbocycles. The smallest absolute Gasteiger partial charge is 0.0137 e. The van der Waals surface area contributed by atoms with Gasteiger partial charge in [0.05, 0.1) is 0 Å². The summed E-state index contributed by atoms with van der Waals surface area (Å²) in [4.78, 5) is 0. The monoisotopic (exact) mass is 237 g/mol. The van der Waals surface area contributed by atoms with Gasteiger partial charge in [-0.25, -0.2) is 0 Å². The fourth-order valence-corrected chi connectivity index (χ4v) is 2.72. The van der Waals surface area contributed by atoms with Gasteiger partial charge in [-0.15, -0.1) is 0 Å². The Bertz CT molecular complexity index is 289. The maximum atomic E-state index is 3.40. The van der Waals surface area contributed by atoms with Crippen molar-refractivity contribution in [3.05, 3.63) is 11.6 Å². The van der Waals surface area contributed by atoms with E-state index < -0.39 is 0 Å². The molecule has 0 saturated carbocycles. The Hall–Kier alpha value is -0.300. The fraction of sp³-hybridized carbons (Fsp3) is 0.875. The predicted octanol–water partition coefficient (Wildman–Crippen LogP) is 4.39. The van der Waals surface area contributed by atoms with Crippen molar-refractivity contribution in [2.24, 2.45) is 16.2 Å². The third kappa shape index (κ3) is 3.58. The second-order valence-corrected chi connectivity index (χ2v) is 7.88. The molecule has 1 N–H and O–H groups in total. The van der Waals surface area contributed by atoms with Crippen LogP contribution >= 0.6 is 0 Å². The van der Waals surface area contributed by atoms with E-state index in [9.17, 15) is 0 Å². The first kappa shape index (κ1) is 14.8. The largest absolute Gasteiger partial charge is 0.313 e. The highest BCUT2D eigenvalue weighted by Crippen LogP contribution is 2.49. The Morgan fingerprint density at radius 3 is 2.06 bits per heavy atom. The van der Waals surface area contributed by atoms with Crippen LogP contribution in [0.5, 0.6) is 0 Å². The molecule has 1 aliphatic heterocycles. The lowest BCUT2D eigenvalue weighted by atomic mass is 9.60. The minimum Gasteiger partial charge on any atom is -0.313 e. The Kier molecular flexibility index (Phi) is 4.13. The second kappa shape index (κ2) is 4.76. The summed E-state index contributed by atoms with van der Waals surface area (Å²) in [5, 5.41) is 3.40. The average molecular weight is 237 g/mol. The first-order chi connectivity index (χ1) is 7.56. The predicted molar refractivity (Wildman–Crippen MR) is 77.2 cm³/mol. The van der Waals surface area contributed by atoms with Crippen molar-refractivity contribution < 1.29 is 0 Å².